The van der Waals surface area contributed by atoms with E-state index in [-0.39, 0.29) is 23.8 Å². The molecule has 104 valence electrons. The van der Waals surface area contributed by atoms with Crippen molar-refractivity contribution in [2.45, 2.75) is 25.5 Å². The van der Waals surface area contributed by atoms with Crippen molar-refractivity contribution >= 4 is 0 Å². The molecular formula is C16H15F2NO. The highest BCUT2D eigenvalue weighted by molar-refractivity contribution is 5.40. The van der Waals surface area contributed by atoms with Crippen molar-refractivity contribution < 1.29 is 13.5 Å². The summed E-state index contributed by atoms with van der Waals surface area (Å²) in [6, 6.07) is 8.61. The molecule has 2 unspecified atom stereocenters. The number of ether oxygens (including phenoxy) is 1. The van der Waals surface area contributed by atoms with Crippen LogP contribution in [0, 0.1) is 18.6 Å². The van der Waals surface area contributed by atoms with Crippen molar-refractivity contribution in [1.29, 1.82) is 0 Å². The van der Waals surface area contributed by atoms with E-state index in [2.05, 4.69) is 0 Å². The summed E-state index contributed by atoms with van der Waals surface area (Å²) in [5.74, 6) is -0.0605. The van der Waals surface area contributed by atoms with Crippen molar-refractivity contribution in [3.05, 3.63) is 64.7 Å². The number of hydrogen-bond donors (Lipinski definition) is 1. The molecule has 2 N–H and O–H groups in total. The molecule has 2 nitrogen and oxygen atoms in total. The number of halogens is 2. The van der Waals surface area contributed by atoms with Crippen LogP contribution >= 0.6 is 0 Å². The number of benzene rings is 2. The standard InChI is InChI=1S/C16H15F2NO/c1-9-2-3-10(17)6-12(9)16-8-14(19)13-7-11(18)4-5-15(13)20-16/h2-7,14,16H,8,19H2,1H3. The minimum atomic E-state index is -0.330. The third kappa shape index (κ3) is 2.27. The molecule has 4 heteroatoms. The Morgan fingerprint density at radius 3 is 2.45 bits per heavy atom. The third-order valence-electron chi connectivity index (χ3n) is 3.70. The smallest absolute Gasteiger partial charge is 0.126 e. The Morgan fingerprint density at radius 1 is 1.05 bits per heavy atom. The second-order valence-corrected chi connectivity index (χ2v) is 5.13. The zero-order valence-electron chi connectivity index (χ0n) is 11.1. The molecule has 2 aromatic carbocycles. The average molecular weight is 275 g/mol. The van der Waals surface area contributed by atoms with Crippen LogP contribution in [0.15, 0.2) is 36.4 Å². The highest BCUT2D eigenvalue weighted by Gasteiger charge is 2.28. The van der Waals surface area contributed by atoms with E-state index < -0.39 is 0 Å². The van der Waals surface area contributed by atoms with Crippen molar-refractivity contribution in [2.24, 2.45) is 5.73 Å². The van der Waals surface area contributed by atoms with Crippen LogP contribution < -0.4 is 10.5 Å². The molecule has 0 spiro atoms. The van der Waals surface area contributed by atoms with Crippen LogP contribution in [0.5, 0.6) is 5.75 Å². The van der Waals surface area contributed by atoms with E-state index in [1.165, 1.54) is 24.3 Å². The van der Waals surface area contributed by atoms with Crippen LogP contribution in [0.25, 0.3) is 0 Å². The zero-order chi connectivity index (χ0) is 14.3. The fourth-order valence-electron chi connectivity index (χ4n) is 2.62. The van der Waals surface area contributed by atoms with Crippen LogP contribution in [-0.4, -0.2) is 0 Å². The molecule has 0 bridgehead atoms. The summed E-state index contributed by atoms with van der Waals surface area (Å²) in [4.78, 5) is 0. The summed E-state index contributed by atoms with van der Waals surface area (Å²) in [7, 11) is 0. The lowest BCUT2D eigenvalue weighted by Crippen LogP contribution is -2.24. The Hall–Kier alpha value is -1.94. The molecule has 0 saturated carbocycles. The van der Waals surface area contributed by atoms with Gasteiger partial charge in [0.15, 0.2) is 0 Å². The first-order chi connectivity index (χ1) is 9.54. The van der Waals surface area contributed by atoms with Gasteiger partial charge in [0, 0.05) is 18.0 Å². The predicted molar refractivity (Wildman–Crippen MR) is 72.5 cm³/mol. The molecule has 0 amide bonds. The van der Waals surface area contributed by atoms with Gasteiger partial charge in [0.05, 0.1) is 0 Å². The normalized spacial score (nSPS) is 21.2. The quantitative estimate of drug-likeness (QED) is 0.859. The van der Waals surface area contributed by atoms with Crippen molar-refractivity contribution in [3.63, 3.8) is 0 Å². The van der Waals surface area contributed by atoms with Gasteiger partial charge >= 0.3 is 0 Å². The zero-order valence-corrected chi connectivity index (χ0v) is 11.1. The SMILES string of the molecule is Cc1ccc(F)cc1C1CC(N)c2cc(F)ccc2O1. The van der Waals surface area contributed by atoms with Gasteiger partial charge in [-0.05, 0) is 48.4 Å². The summed E-state index contributed by atoms with van der Waals surface area (Å²) >= 11 is 0. The minimum absolute atomic E-state index is 0.298. The van der Waals surface area contributed by atoms with Crippen LogP contribution in [0.1, 0.15) is 35.3 Å². The van der Waals surface area contributed by atoms with Crippen LogP contribution in [0.4, 0.5) is 8.78 Å². The first-order valence-electron chi connectivity index (χ1n) is 6.52. The van der Waals surface area contributed by atoms with Gasteiger partial charge < -0.3 is 10.5 Å². The number of nitrogens with two attached hydrogens (primary N) is 1. The second kappa shape index (κ2) is 4.87. The molecule has 20 heavy (non-hydrogen) atoms. The lowest BCUT2D eigenvalue weighted by molar-refractivity contribution is 0.160. The average Bonchev–Trinajstić information content (AvgIpc) is 2.42. The maximum absolute atomic E-state index is 13.4. The van der Waals surface area contributed by atoms with E-state index in [1.807, 2.05) is 6.92 Å². The van der Waals surface area contributed by atoms with Gasteiger partial charge in [0.2, 0.25) is 0 Å². The molecule has 3 rings (SSSR count). The van der Waals surface area contributed by atoms with Gasteiger partial charge in [-0.15, -0.1) is 0 Å². The van der Waals surface area contributed by atoms with E-state index in [0.717, 1.165) is 11.1 Å². The van der Waals surface area contributed by atoms with Crippen molar-refractivity contribution in [2.75, 3.05) is 0 Å². The van der Waals surface area contributed by atoms with Crippen LogP contribution in [0.3, 0.4) is 0 Å². The molecule has 0 aromatic heterocycles. The maximum atomic E-state index is 13.4. The summed E-state index contributed by atoms with van der Waals surface area (Å²) in [6.07, 6.45) is 0.194. The monoisotopic (exact) mass is 275 g/mol. The summed E-state index contributed by atoms with van der Waals surface area (Å²) in [6.45, 7) is 1.91. The van der Waals surface area contributed by atoms with Crippen LogP contribution in [-0.2, 0) is 0 Å². The molecule has 2 aromatic rings. The Bertz CT molecular complexity index is 657. The van der Waals surface area contributed by atoms with Gasteiger partial charge in [-0.3, -0.25) is 0 Å². The first kappa shape index (κ1) is 13.1. The number of rotatable bonds is 1. The lowest BCUT2D eigenvalue weighted by atomic mass is 9.91. The maximum Gasteiger partial charge on any atom is 0.126 e. The highest BCUT2D eigenvalue weighted by atomic mass is 19.1. The summed E-state index contributed by atoms with van der Waals surface area (Å²) in [5.41, 5.74) is 8.49. The number of aryl methyl sites for hydroxylation is 1. The molecule has 0 aliphatic carbocycles. The van der Waals surface area contributed by atoms with Gasteiger partial charge in [-0.2, -0.15) is 0 Å². The summed E-state index contributed by atoms with van der Waals surface area (Å²) in [5, 5.41) is 0. The molecule has 0 radical (unpaired) electrons. The lowest BCUT2D eigenvalue weighted by Gasteiger charge is -2.31. The summed E-state index contributed by atoms with van der Waals surface area (Å²) < 4.78 is 32.5. The fraction of sp³-hybridized carbons (Fsp3) is 0.250. The van der Waals surface area contributed by atoms with E-state index in [1.54, 1.807) is 12.1 Å². The third-order valence-corrected chi connectivity index (χ3v) is 3.70. The number of hydrogen-bond acceptors (Lipinski definition) is 2. The largest absolute Gasteiger partial charge is 0.485 e. The van der Waals surface area contributed by atoms with Crippen LogP contribution in [0.2, 0.25) is 0 Å². The van der Waals surface area contributed by atoms with Gasteiger partial charge in [0.1, 0.15) is 23.5 Å². The van der Waals surface area contributed by atoms with Gasteiger partial charge in [-0.25, -0.2) is 8.78 Å². The first-order valence-corrected chi connectivity index (χ1v) is 6.52. The Labute approximate surface area is 116 Å². The van der Waals surface area contributed by atoms with E-state index in [0.29, 0.717) is 17.7 Å². The molecule has 2 atom stereocenters. The van der Waals surface area contributed by atoms with E-state index in [9.17, 15) is 8.78 Å². The molecular weight excluding hydrogens is 260 g/mol. The van der Waals surface area contributed by atoms with E-state index in [4.69, 9.17) is 10.5 Å². The fourth-order valence-corrected chi connectivity index (χ4v) is 2.62. The van der Waals surface area contributed by atoms with Gasteiger partial charge in [0.25, 0.3) is 0 Å². The topological polar surface area (TPSA) is 35.2 Å². The molecule has 1 aliphatic heterocycles. The predicted octanol–water partition coefficient (Wildman–Crippen LogP) is 3.80. The van der Waals surface area contributed by atoms with E-state index >= 15 is 0 Å². The van der Waals surface area contributed by atoms with Crippen molar-refractivity contribution in [1.82, 2.24) is 0 Å². The highest BCUT2D eigenvalue weighted by Crippen LogP contribution is 2.40. The Kier molecular flexibility index (Phi) is 3.18. The Morgan fingerprint density at radius 2 is 1.70 bits per heavy atom. The van der Waals surface area contributed by atoms with Gasteiger partial charge in [-0.1, -0.05) is 6.07 Å². The second-order valence-electron chi connectivity index (χ2n) is 5.13. The molecule has 1 aliphatic rings. The molecule has 0 fully saturated rings. The number of fused-ring (bicyclic) bond motifs is 1. The molecule has 0 saturated heterocycles. The molecule has 1 heterocycles. The minimum Gasteiger partial charge on any atom is -0.485 e. The van der Waals surface area contributed by atoms with Crippen molar-refractivity contribution in [3.8, 4) is 5.75 Å². The Balaban J connectivity index is 1.99.